The second-order valence-corrected chi connectivity index (χ2v) is 21.8. The van der Waals surface area contributed by atoms with Crippen molar-refractivity contribution in [2.75, 3.05) is 19.8 Å². The molecule has 2 fully saturated rings. The number of amides is 1. The van der Waals surface area contributed by atoms with Gasteiger partial charge in [0.05, 0.1) is 32.0 Å². The summed E-state index contributed by atoms with van der Waals surface area (Å²) in [5.74, 6) is -0.200. The molecule has 2 heterocycles. The minimum Gasteiger partial charge on any atom is -0.394 e. The minimum absolute atomic E-state index is 0.200. The maximum Gasteiger partial charge on any atom is 0.220 e. The van der Waals surface area contributed by atoms with Crippen molar-refractivity contribution in [3.63, 3.8) is 0 Å². The highest BCUT2D eigenvalue weighted by atomic mass is 16.7. The quantitative estimate of drug-likeness (QED) is 0.0259. The smallest absolute Gasteiger partial charge is 0.220 e. The molecule has 0 aliphatic carbocycles. The number of nitrogens with one attached hydrogen (secondary N) is 1. The highest BCUT2D eigenvalue weighted by Crippen LogP contribution is 2.30. The van der Waals surface area contributed by atoms with Gasteiger partial charge in [-0.15, -0.1) is 0 Å². The fraction of sp³-hybridized carbons (Fsp3) is 0.983. The SMILES string of the molecule is CCCCCCCCCCCCCCCCCCCCCC(=O)NC(COC1OC(CO)C(OC2OC(CO)C(O)C(O)C2O)C(O)C1O)C(O)CCCCCCCCCCCCCCCCCCCCC. The van der Waals surface area contributed by atoms with Crippen LogP contribution in [0.5, 0.6) is 0 Å². The van der Waals surface area contributed by atoms with Crippen molar-refractivity contribution in [2.45, 2.75) is 344 Å². The van der Waals surface area contributed by atoms with Gasteiger partial charge in [0.1, 0.15) is 48.8 Å². The Hall–Kier alpha value is -1.01. The van der Waals surface area contributed by atoms with Gasteiger partial charge in [-0.3, -0.25) is 4.79 Å². The Morgan fingerprint density at radius 2 is 0.792 bits per heavy atom. The molecule has 72 heavy (non-hydrogen) atoms. The molecule has 0 radical (unpaired) electrons. The van der Waals surface area contributed by atoms with E-state index < -0.39 is 86.8 Å². The number of unbranched alkanes of at least 4 members (excludes halogenated alkanes) is 36. The van der Waals surface area contributed by atoms with Crippen molar-refractivity contribution in [2.24, 2.45) is 0 Å². The number of carbonyl (C=O) groups excluding carboxylic acids is 1. The van der Waals surface area contributed by atoms with Crippen molar-refractivity contribution < 1.29 is 64.6 Å². The normalized spacial score (nSPS) is 25.5. The fourth-order valence-corrected chi connectivity index (χ4v) is 10.4. The second-order valence-electron chi connectivity index (χ2n) is 21.8. The average Bonchev–Trinajstić information content (AvgIpc) is 3.38. The second kappa shape index (κ2) is 45.1. The Morgan fingerprint density at radius 1 is 0.444 bits per heavy atom. The van der Waals surface area contributed by atoms with Crippen LogP contribution in [0.15, 0.2) is 0 Å². The lowest BCUT2D eigenvalue weighted by Gasteiger charge is -2.46. The van der Waals surface area contributed by atoms with E-state index in [0.717, 1.165) is 51.4 Å². The standard InChI is InChI=1S/C58H113NO13/c1-3-5-7-9-11-13-15-17-19-21-23-25-27-29-31-33-35-37-39-41-47(62)46(59-50(63)42-40-38-36-34-32-30-28-26-24-22-20-18-16-14-12-10-8-6-4-2)45-69-57-55(68)53(66)56(49(44-61)71-57)72-58-54(67)52(65)51(64)48(43-60)70-58/h46-49,51-58,60-62,64-68H,3-45H2,1-2H3,(H,59,63). The molecule has 0 aromatic carbocycles. The lowest BCUT2D eigenvalue weighted by atomic mass is 9.97. The molecule has 1 amide bonds. The average molecular weight is 1030 g/mol. The van der Waals surface area contributed by atoms with Crippen molar-refractivity contribution in [1.82, 2.24) is 5.32 Å². The molecule has 12 atom stereocenters. The lowest BCUT2D eigenvalue weighted by molar-refractivity contribution is -0.359. The molecule has 428 valence electrons. The van der Waals surface area contributed by atoms with Crippen molar-refractivity contribution in [3.8, 4) is 0 Å². The third kappa shape index (κ3) is 30.7. The Labute approximate surface area is 438 Å². The van der Waals surface area contributed by atoms with Crippen LogP contribution < -0.4 is 5.32 Å². The van der Waals surface area contributed by atoms with Gasteiger partial charge in [-0.05, 0) is 12.8 Å². The molecule has 12 unspecified atom stereocenters. The van der Waals surface area contributed by atoms with E-state index in [1.807, 2.05) is 0 Å². The summed E-state index contributed by atoms with van der Waals surface area (Å²) < 4.78 is 22.9. The molecule has 14 nitrogen and oxygen atoms in total. The molecule has 2 saturated heterocycles. The number of ether oxygens (including phenoxy) is 4. The minimum atomic E-state index is -1.78. The molecule has 9 N–H and O–H groups in total. The zero-order valence-corrected chi connectivity index (χ0v) is 46.0. The van der Waals surface area contributed by atoms with E-state index in [0.29, 0.717) is 12.8 Å². The predicted molar refractivity (Wildman–Crippen MR) is 286 cm³/mol. The molecule has 0 spiro atoms. The summed E-state index contributed by atoms with van der Waals surface area (Å²) in [7, 11) is 0. The van der Waals surface area contributed by atoms with E-state index in [4.69, 9.17) is 18.9 Å². The van der Waals surface area contributed by atoms with Crippen molar-refractivity contribution >= 4 is 5.91 Å². The van der Waals surface area contributed by atoms with E-state index in [1.54, 1.807) is 0 Å². The maximum atomic E-state index is 13.3. The van der Waals surface area contributed by atoms with Crippen LogP contribution in [-0.4, -0.2) is 140 Å². The van der Waals surface area contributed by atoms with Gasteiger partial charge in [-0.25, -0.2) is 0 Å². The summed E-state index contributed by atoms with van der Waals surface area (Å²) in [5.41, 5.74) is 0. The summed E-state index contributed by atoms with van der Waals surface area (Å²) in [6, 6.07) is -0.822. The van der Waals surface area contributed by atoms with Crippen molar-refractivity contribution in [3.05, 3.63) is 0 Å². The van der Waals surface area contributed by atoms with E-state index in [1.165, 1.54) is 193 Å². The Morgan fingerprint density at radius 3 is 1.18 bits per heavy atom. The molecule has 2 rings (SSSR count). The number of aliphatic hydroxyl groups is 8. The molecule has 2 aliphatic heterocycles. The van der Waals surface area contributed by atoms with Gasteiger partial charge < -0.3 is 65.1 Å². The summed E-state index contributed by atoms with van der Waals surface area (Å²) in [6.45, 7) is 2.90. The molecule has 0 saturated carbocycles. The third-order valence-corrected chi connectivity index (χ3v) is 15.3. The largest absolute Gasteiger partial charge is 0.394 e. The molecule has 0 aromatic rings. The van der Waals surface area contributed by atoms with Crippen LogP contribution in [0.4, 0.5) is 0 Å². The summed E-state index contributed by atoms with van der Waals surface area (Å²) >= 11 is 0. The zero-order chi connectivity index (χ0) is 52.4. The van der Waals surface area contributed by atoms with Crippen LogP contribution in [0.1, 0.15) is 271 Å². The van der Waals surface area contributed by atoms with Gasteiger partial charge in [0.25, 0.3) is 0 Å². The van der Waals surface area contributed by atoms with Crippen LogP contribution in [0, 0.1) is 0 Å². The number of hydrogen-bond acceptors (Lipinski definition) is 13. The number of aliphatic hydroxyl groups excluding tert-OH is 8. The van der Waals surface area contributed by atoms with Gasteiger partial charge in [0, 0.05) is 6.42 Å². The van der Waals surface area contributed by atoms with Crippen LogP contribution in [-0.2, 0) is 23.7 Å². The predicted octanol–water partition coefficient (Wildman–Crippen LogP) is 10.1. The first-order valence-electron chi connectivity index (χ1n) is 30.3. The van der Waals surface area contributed by atoms with Crippen LogP contribution in [0.25, 0.3) is 0 Å². The molecule has 0 aromatic heterocycles. The molecular weight excluding hydrogens is 919 g/mol. The molecular formula is C58H113NO13. The van der Waals surface area contributed by atoms with Crippen LogP contribution >= 0.6 is 0 Å². The Kier molecular flexibility index (Phi) is 42.0. The van der Waals surface area contributed by atoms with E-state index in [9.17, 15) is 45.6 Å². The van der Waals surface area contributed by atoms with Crippen molar-refractivity contribution in [1.29, 1.82) is 0 Å². The van der Waals surface area contributed by atoms with E-state index >= 15 is 0 Å². The molecule has 14 heteroatoms. The topological polar surface area (TPSA) is 228 Å². The fourth-order valence-electron chi connectivity index (χ4n) is 10.4. The highest BCUT2D eigenvalue weighted by molar-refractivity contribution is 5.76. The first-order chi connectivity index (χ1) is 35.1. The summed E-state index contributed by atoms with van der Waals surface area (Å²) in [5, 5.41) is 87.3. The maximum absolute atomic E-state index is 13.3. The number of hydrogen-bond donors (Lipinski definition) is 9. The number of rotatable bonds is 49. The van der Waals surface area contributed by atoms with Gasteiger partial charge in [-0.1, -0.05) is 251 Å². The van der Waals surface area contributed by atoms with Gasteiger partial charge >= 0.3 is 0 Å². The Balaban J connectivity index is 1.75. The third-order valence-electron chi connectivity index (χ3n) is 15.3. The summed E-state index contributed by atoms with van der Waals surface area (Å²) in [6.07, 6.45) is 32.4. The summed E-state index contributed by atoms with van der Waals surface area (Å²) in [4.78, 5) is 13.3. The van der Waals surface area contributed by atoms with Gasteiger partial charge in [0.15, 0.2) is 12.6 Å². The number of carbonyl (C=O) groups is 1. The van der Waals surface area contributed by atoms with Crippen LogP contribution in [0.3, 0.4) is 0 Å². The first kappa shape index (κ1) is 67.1. The van der Waals surface area contributed by atoms with Gasteiger partial charge in [0.2, 0.25) is 5.91 Å². The lowest BCUT2D eigenvalue weighted by Crippen LogP contribution is -2.65. The molecule has 2 aliphatic rings. The Bertz CT molecular complexity index is 1220. The van der Waals surface area contributed by atoms with E-state index in [-0.39, 0.29) is 12.5 Å². The van der Waals surface area contributed by atoms with E-state index in [2.05, 4.69) is 19.2 Å². The zero-order valence-electron chi connectivity index (χ0n) is 46.0. The van der Waals surface area contributed by atoms with Gasteiger partial charge in [-0.2, -0.15) is 0 Å². The van der Waals surface area contributed by atoms with Crippen LogP contribution in [0.2, 0.25) is 0 Å². The molecule has 0 bridgehead atoms. The monoisotopic (exact) mass is 1030 g/mol. The highest BCUT2D eigenvalue weighted by Gasteiger charge is 2.51. The first-order valence-corrected chi connectivity index (χ1v) is 30.3.